The summed E-state index contributed by atoms with van der Waals surface area (Å²) in [6, 6.07) is 7.99. The molecule has 2 aliphatic heterocycles. The van der Waals surface area contributed by atoms with Crippen LogP contribution in [-0.2, 0) is 14.3 Å². The van der Waals surface area contributed by atoms with E-state index in [-0.39, 0.29) is 23.1 Å². The van der Waals surface area contributed by atoms with Crippen molar-refractivity contribution in [2.75, 3.05) is 13.2 Å². The molecule has 2 atom stereocenters. The molecule has 0 bridgehead atoms. The minimum atomic E-state index is -0.290. The van der Waals surface area contributed by atoms with E-state index in [0.717, 1.165) is 37.0 Å². The molecule has 2 unspecified atom stereocenters. The van der Waals surface area contributed by atoms with E-state index in [1.807, 2.05) is 31.2 Å². The normalized spacial score (nSPS) is 30.0. The molecular weight excluding hydrogens is 266 g/mol. The first-order valence-corrected chi connectivity index (χ1v) is 7.59. The van der Waals surface area contributed by atoms with Gasteiger partial charge in [-0.3, -0.25) is 14.9 Å². The number of hydrogen-bond donors (Lipinski definition) is 1. The van der Waals surface area contributed by atoms with Gasteiger partial charge in [0, 0.05) is 19.6 Å². The zero-order chi connectivity index (χ0) is 14.9. The predicted molar refractivity (Wildman–Crippen MR) is 78.8 cm³/mol. The van der Waals surface area contributed by atoms with Crippen molar-refractivity contribution in [3.63, 3.8) is 0 Å². The van der Waals surface area contributed by atoms with Crippen molar-refractivity contribution in [1.29, 1.82) is 0 Å². The summed E-state index contributed by atoms with van der Waals surface area (Å²) in [4.78, 5) is 24.5. The number of piperidine rings is 1. The quantitative estimate of drug-likeness (QED) is 0.806. The lowest BCUT2D eigenvalue weighted by molar-refractivity contribution is -0.140. The molecule has 1 aromatic rings. The van der Waals surface area contributed by atoms with Gasteiger partial charge in [-0.2, -0.15) is 0 Å². The molecule has 0 radical (unpaired) electrons. The number of ether oxygens (including phenoxy) is 1. The fourth-order valence-electron chi connectivity index (χ4n) is 3.83. The van der Waals surface area contributed by atoms with E-state index in [1.165, 1.54) is 0 Å². The minimum absolute atomic E-state index is 0.147. The second kappa shape index (κ2) is 5.60. The highest BCUT2D eigenvalue weighted by Gasteiger charge is 2.49. The Labute approximate surface area is 124 Å². The Morgan fingerprint density at radius 1 is 1.19 bits per heavy atom. The van der Waals surface area contributed by atoms with Gasteiger partial charge >= 0.3 is 0 Å². The van der Waals surface area contributed by atoms with Crippen molar-refractivity contribution in [1.82, 2.24) is 5.32 Å². The van der Waals surface area contributed by atoms with Crippen LogP contribution in [0.25, 0.3) is 0 Å². The maximum absolute atomic E-state index is 12.6. The van der Waals surface area contributed by atoms with Crippen molar-refractivity contribution >= 4 is 11.8 Å². The van der Waals surface area contributed by atoms with Gasteiger partial charge in [0.15, 0.2) is 0 Å². The lowest BCUT2D eigenvalue weighted by atomic mass is 9.63. The van der Waals surface area contributed by atoms with Gasteiger partial charge in [0.1, 0.15) is 0 Å². The molecule has 1 N–H and O–H groups in total. The van der Waals surface area contributed by atoms with Crippen molar-refractivity contribution in [2.24, 2.45) is 5.41 Å². The van der Waals surface area contributed by atoms with E-state index >= 15 is 0 Å². The highest BCUT2D eigenvalue weighted by Crippen LogP contribution is 2.49. The second-order valence-electron chi connectivity index (χ2n) is 6.21. The molecule has 2 amide bonds. The van der Waals surface area contributed by atoms with Crippen molar-refractivity contribution in [2.45, 2.75) is 38.5 Å². The number of carbonyl (C=O) groups excluding carboxylic acids is 2. The van der Waals surface area contributed by atoms with Crippen LogP contribution in [0.1, 0.15) is 42.7 Å². The topological polar surface area (TPSA) is 55.4 Å². The largest absolute Gasteiger partial charge is 0.381 e. The Morgan fingerprint density at radius 3 is 2.81 bits per heavy atom. The van der Waals surface area contributed by atoms with Gasteiger partial charge in [0.05, 0.1) is 5.92 Å². The molecule has 3 rings (SSSR count). The van der Waals surface area contributed by atoms with Crippen molar-refractivity contribution in [3.05, 3.63) is 35.4 Å². The molecule has 0 saturated carbocycles. The lowest BCUT2D eigenvalue weighted by Crippen LogP contribution is -2.51. The molecule has 1 aromatic carbocycles. The first-order valence-electron chi connectivity index (χ1n) is 7.59. The molecule has 2 heterocycles. The highest BCUT2D eigenvalue weighted by molar-refractivity contribution is 6.02. The summed E-state index contributed by atoms with van der Waals surface area (Å²) in [5.41, 5.74) is 1.86. The second-order valence-corrected chi connectivity index (χ2v) is 6.21. The average Bonchev–Trinajstić information content (AvgIpc) is 2.66. The van der Waals surface area contributed by atoms with E-state index in [4.69, 9.17) is 4.74 Å². The summed E-state index contributed by atoms with van der Waals surface area (Å²) >= 11 is 0. The number of amides is 2. The molecule has 4 nitrogen and oxygen atoms in total. The van der Waals surface area contributed by atoms with E-state index < -0.39 is 0 Å². The van der Waals surface area contributed by atoms with E-state index in [2.05, 4.69) is 5.32 Å². The summed E-state index contributed by atoms with van der Waals surface area (Å²) in [7, 11) is 0. The predicted octanol–water partition coefficient (Wildman–Crippen LogP) is 2.31. The van der Waals surface area contributed by atoms with Gasteiger partial charge in [0.25, 0.3) is 0 Å². The number of benzene rings is 1. The highest BCUT2D eigenvalue weighted by atomic mass is 16.5. The van der Waals surface area contributed by atoms with Crippen LogP contribution in [0.2, 0.25) is 0 Å². The van der Waals surface area contributed by atoms with E-state index in [9.17, 15) is 9.59 Å². The van der Waals surface area contributed by atoms with E-state index in [0.29, 0.717) is 13.0 Å². The maximum Gasteiger partial charge on any atom is 0.234 e. The lowest BCUT2D eigenvalue weighted by Gasteiger charge is -2.42. The number of hydrogen-bond acceptors (Lipinski definition) is 3. The Morgan fingerprint density at radius 2 is 2.00 bits per heavy atom. The number of carbonyl (C=O) groups is 2. The summed E-state index contributed by atoms with van der Waals surface area (Å²) in [6.07, 6.45) is 2.96. The van der Waals surface area contributed by atoms with Gasteiger partial charge in [-0.25, -0.2) is 0 Å². The molecule has 2 fully saturated rings. The van der Waals surface area contributed by atoms with Crippen LogP contribution in [0.3, 0.4) is 0 Å². The summed E-state index contributed by atoms with van der Waals surface area (Å²) in [5, 5.41) is 2.53. The van der Waals surface area contributed by atoms with Crippen molar-refractivity contribution < 1.29 is 14.3 Å². The minimum Gasteiger partial charge on any atom is -0.381 e. The van der Waals surface area contributed by atoms with Crippen LogP contribution in [0.4, 0.5) is 0 Å². The van der Waals surface area contributed by atoms with Crippen LogP contribution >= 0.6 is 0 Å². The number of aryl methyl sites for hydroxylation is 1. The smallest absolute Gasteiger partial charge is 0.234 e. The van der Waals surface area contributed by atoms with E-state index in [1.54, 1.807) is 0 Å². The molecule has 4 heteroatoms. The monoisotopic (exact) mass is 287 g/mol. The third kappa shape index (κ3) is 2.60. The Hall–Kier alpha value is -1.68. The SMILES string of the molecule is Cc1ccccc1C1C(=O)NC(=O)CC12CCCOCC2. The zero-order valence-corrected chi connectivity index (χ0v) is 12.4. The first-order chi connectivity index (χ1) is 10.1. The maximum atomic E-state index is 12.6. The third-order valence-corrected chi connectivity index (χ3v) is 4.86. The number of rotatable bonds is 1. The summed E-state index contributed by atoms with van der Waals surface area (Å²) in [5.74, 6) is -0.549. The van der Waals surface area contributed by atoms with Gasteiger partial charge in [-0.15, -0.1) is 0 Å². The molecule has 2 saturated heterocycles. The first kappa shape index (κ1) is 14.3. The molecule has 112 valence electrons. The van der Waals surface area contributed by atoms with Gasteiger partial charge < -0.3 is 4.74 Å². The molecule has 1 spiro atoms. The molecule has 0 aromatic heterocycles. The van der Waals surface area contributed by atoms with Crippen LogP contribution in [-0.4, -0.2) is 25.0 Å². The number of imide groups is 1. The van der Waals surface area contributed by atoms with Crippen LogP contribution in [0.15, 0.2) is 24.3 Å². The zero-order valence-electron chi connectivity index (χ0n) is 12.4. The van der Waals surface area contributed by atoms with Crippen LogP contribution in [0, 0.1) is 12.3 Å². The van der Waals surface area contributed by atoms with Gasteiger partial charge in [-0.05, 0) is 42.7 Å². The standard InChI is InChI=1S/C17H21NO3/c1-12-5-2-3-6-13(12)15-16(20)18-14(19)11-17(15)7-4-9-21-10-8-17/h2-3,5-6,15H,4,7-11H2,1H3,(H,18,19,20). The Kier molecular flexibility index (Phi) is 3.81. The van der Waals surface area contributed by atoms with Crippen molar-refractivity contribution in [3.8, 4) is 0 Å². The fourth-order valence-corrected chi connectivity index (χ4v) is 3.83. The van der Waals surface area contributed by atoms with Gasteiger partial charge in [-0.1, -0.05) is 24.3 Å². The summed E-state index contributed by atoms with van der Waals surface area (Å²) in [6.45, 7) is 3.38. The van der Waals surface area contributed by atoms with Crippen LogP contribution in [0.5, 0.6) is 0 Å². The molecule has 2 aliphatic rings. The fraction of sp³-hybridized carbons (Fsp3) is 0.529. The van der Waals surface area contributed by atoms with Crippen LogP contribution < -0.4 is 5.32 Å². The Balaban J connectivity index is 2.06. The molecule has 21 heavy (non-hydrogen) atoms. The Bertz CT molecular complexity index is 559. The average molecular weight is 287 g/mol. The molecular formula is C17H21NO3. The van der Waals surface area contributed by atoms with Gasteiger partial charge in [0.2, 0.25) is 11.8 Å². The third-order valence-electron chi connectivity index (χ3n) is 4.86. The summed E-state index contributed by atoms with van der Waals surface area (Å²) < 4.78 is 5.56. The molecule has 0 aliphatic carbocycles. The number of nitrogens with one attached hydrogen (secondary N) is 1.